The number of nitrogens with one attached hydrogen (secondary N) is 1. The summed E-state index contributed by atoms with van der Waals surface area (Å²) in [5.74, 6) is 0.295. The molecule has 5 nitrogen and oxygen atoms in total. The Kier molecular flexibility index (Phi) is 5.37. The van der Waals surface area contributed by atoms with Gasteiger partial charge in [-0.25, -0.2) is 4.79 Å². The van der Waals surface area contributed by atoms with Crippen molar-refractivity contribution in [3.05, 3.63) is 35.9 Å². The predicted molar refractivity (Wildman–Crippen MR) is 106 cm³/mol. The van der Waals surface area contributed by atoms with Crippen LogP contribution in [0.15, 0.2) is 30.3 Å². The van der Waals surface area contributed by atoms with Crippen molar-refractivity contribution in [2.45, 2.75) is 62.8 Å². The summed E-state index contributed by atoms with van der Waals surface area (Å²) in [6.45, 7) is 3.12. The van der Waals surface area contributed by atoms with Gasteiger partial charge in [-0.1, -0.05) is 43.2 Å². The van der Waals surface area contributed by atoms with Crippen LogP contribution in [0.25, 0.3) is 0 Å². The zero-order valence-electron chi connectivity index (χ0n) is 16.2. The number of piperidine rings is 1. The first kappa shape index (κ1) is 18.3. The van der Waals surface area contributed by atoms with Gasteiger partial charge in [0.25, 0.3) is 0 Å². The molecule has 0 bridgehead atoms. The highest BCUT2D eigenvalue weighted by molar-refractivity contribution is 5.78. The summed E-state index contributed by atoms with van der Waals surface area (Å²) >= 11 is 0. The largest absolute Gasteiger partial charge is 0.340 e. The number of amides is 3. The SMILES string of the molecule is O=C(NCC1(c2ccccc2)CCCC1)N1CCC(N2CCCC2=O)CC1. The van der Waals surface area contributed by atoms with Gasteiger partial charge in [0.2, 0.25) is 5.91 Å². The monoisotopic (exact) mass is 369 g/mol. The first-order valence-electron chi connectivity index (χ1n) is 10.6. The zero-order chi connectivity index (χ0) is 18.7. The van der Waals surface area contributed by atoms with E-state index < -0.39 is 0 Å². The molecule has 0 spiro atoms. The molecule has 1 N–H and O–H groups in total. The Bertz CT molecular complexity index is 661. The van der Waals surface area contributed by atoms with Crippen molar-refractivity contribution in [3.63, 3.8) is 0 Å². The average Bonchev–Trinajstić information content (AvgIpc) is 3.37. The Labute approximate surface area is 162 Å². The molecule has 1 aliphatic carbocycles. The molecular formula is C22H31N3O2. The van der Waals surface area contributed by atoms with E-state index in [1.807, 2.05) is 9.80 Å². The Morgan fingerprint density at radius 3 is 2.37 bits per heavy atom. The fourth-order valence-electron chi connectivity index (χ4n) is 5.20. The van der Waals surface area contributed by atoms with Crippen LogP contribution in [0, 0.1) is 0 Å². The molecule has 0 radical (unpaired) electrons. The summed E-state index contributed by atoms with van der Waals surface area (Å²) < 4.78 is 0. The molecule has 1 aromatic rings. The van der Waals surface area contributed by atoms with E-state index in [1.165, 1.54) is 18.4 Å². The molecular weight excluding hydrogens is 338 g/mol. The highest BCUT2D eigenvalue weighted by Gasteiger charge is 2.37. The molecule has 0 atom stereocenters. The van der Waals surface area contributed by atoms with Gasteiger partial charge in [-0.05, 0) is 37.7 Å². The maximum Gasteiger partial charge on any atom is 0.317 e. The molecule has 1 saturated carbocycles. The summed E-state index contributed by atoms with van der Waals surface area (Å²) in [6.07, 6.45) is 8.27. The number of hydrogen-bond acceptors (Lipinski definition) is 2. The standard InChI is InChI=1S/C22H31N3O2/c26-20-9-6-14-25(20)19-10-15-24(16-11-19)21(27)23-17-22(12-4-5-13-22)18-7-2-1-3-8-18/h1-3,7-8,19H,4-6,9-17H2,(H,23,27). The maximum absolute atomic E-state index is 12.8. The van der Waals surface area contributed by atoms with Crippen LogP contribution in [0.5, 0.6) is 0 Å². The summed E-state index contributed by atoms with van der Waals surface area (Å²) in [7, 11) is 0. The molecule has 146 valence electrons. The Balaban J connectivity index is 1.31. The second-order valence-corrected chi connectivity index (χ2v) is 8.42. The van der Waals surface area contributed by atoms with E-state index in [1.54, 1.807) is 0 Å². The molecule has 3 aliphatic rings. The van der Waals surface area contributed by atoms with E-state index in [9.17, 15) is 9.59 Å². The maximum atomic E-state index is 12.8. The number of carbonyl (C=O) groups is 2. The lowest BCUT2D eigenvalue weighted by atomic mass is 9.79. The third-order valence-corrected chi connectivity index (χ3v) is 6.83. The zero-order valence-corrected chi connectivity index (χ0v) is 16.2. The lowest BCUT2D eigenvalue weighted by molar-refractivity contribution is -0.130. The van der Waals surface area contributed by atoms with Crippen molar-refractivity contribution in [1.29, 1.82) is 0 Å². The van der Waals surface area contributed by atoms with Crippen LogP contribution >= 0.6 is 0 Å². The van der Waals surface area contributed by atoms with Gasteiger partial charge in [0.15, 0.2) is 0 Å². The molecule has 27 heavy (non-hydrogen) atoms. The summed E-state index contributed by atoms with van der Waals surface area (Å²) in [4.78, 5) is 28.7. The summed E-state index contributed by atoms with van der Waals surface area (Å²) in [5.41, 5.74) is 1.45. The van der Waals surface area contributed by atoms with E-state index >= 15 is 0 Å². The first-order chi connectivity index (χ1) is 13.2. The minimum atomic E-state index is 0.0587. The van der Waals surface area contributed by atoms with Crippen LogP contribution in [0.1, 0.15) is 56.9 Å². The second kappa shape index (κ2) is 7.91. The smallest absolute Gasteiger partial charge is 0.317 e. The van der Waals surface area contributed by atoms with Gasteiger partial charge in [-0.3, -0.25) is 4.79 Å². The van der Waals surface area contributed by atoms with Crippen LogP contribution in [0.4, 0.5) is 4.79 Å². The number of carbonyl (C=O) groups excluding carboxylic acids is 2. The van der Waals surface area contributed by atoms with Gasteiger partial charge in [-0.15, -0.1) is 0 Å². The molecule has 4 rings (SSSR count). The molecule has 2 aliphatic heterocycles. The molecule has 5 heteroatoms. The number of urea groups is 1. The quantitative estimate of drug-likeness (QED) is 0.885. The van der Waals surface area contributed by atoms with Gasteiger partial charge < -0.3 is 15.1 Å². The third kappa shape index (κ3) is 3.83. The van der Waals surface area contributed by atoms with Crippen molar-refractivity contribution in [2.24, 2.45) is 0 Å². The Morgan fingerprint density at radius 2 is 1.74 bits per heavy atom. The summed E-state index contributed by atoms with van der Waals surface area (Å²) in [5, 5.41) is 3.23. The number of hydrogen-bond donors (Lipinski definition) is 1. The predicted octanol–water partition coefficient (Wildman–Crippen LogP) is 3.29. The molecule has 1 aromatic carbocycles. The van der Waals surface area contributed by atoms with E-state index in [4.69, 9.17) is 0 Å². The lowest BCUT2D eigenvalue weighted by Crippen LogP contribution is -2.51. The van der Waals surface area contributed by atoms with Gasteiger partial charge in [0.05, 0.1) is 0 Å². The second-order valence-electron chi connectivity index (χ2n) is 8.42. The van der Waals surface area contributed by atoms with Crippen LogP contribution in [-0.4, -0.2) is 54.0 Å². The van der Waals surface area contributed by atoms with Crippen molar-refractivity contribution in [2.75, 3.05) is 26.2 Å². The van der Waals surface area contributed by atoms with Crippen LogP contribution in [0.2, 0.25) is 0 Å². The number of likely N-dealkylation sites (tertiary alicyclic amines) is 2. The minimum absolute atomic E-state index is 0.0587. The Hall–Kier alpha value is -2.04. The lowest BCUT2D eigenvalue weighted by Gasteiger charge is -2.37. The van der Waals surface area contributed by atoms with Crippen LogP contribution in [-0.2, 0) is 10.2 Å². The van der Waals surface area contributed by atoms with Gasteiger partial charge in [0, 0.05) is 44.1 Å². The van der Waals surface area contributed by atoms with Crippen molar-refractivity contribution in [3.8, 4) is 0 Å². The first-order valence-corrected chi connectivity index (χ1v) is 10.6. The van der Waals surface area contributed by atoms with Crippen molar-refractivity contribution < 1.29 is 9.59 Å². The average molecular weight is 370 g/mol. The Morgan fingerprint density at radius 1 is 1.04 bits per heavy atom. The van der Waals surface area contributed by atoms with Crippen LogP contribution < -0.4 is 5.32 Å². The topological polar surface area (TPSA) is 52.7 Å². The fraction of sp³-hybridized carbons (Fsp3) is 0.636. The van der Waals surface area contributed by atoms with Gasteiger partial charge >= 0.3 is 6.03 Å². The highest BCUT2D eigenvalue weighted by atomic mass is 16.2. The number of rotatable bonds is 4. The third-order valence-electron chi connectivity index (χ3n) is 6.83. The minimum Gasteiger partial charge on any atom is -0.340 e. The molecule has 2 heterocycles. The van der Waals surface area contributed by atoms with Gasteiger partial charge in [-0.2, -0.15) is 0 Å². The molecule has 2 saturated heterocycles. The number of benzene rings is 1. The molecule has 3 fully saturated rings. The number of nitrogens with zero attached hydrogens (tertiary/aromatic N) is 2. The fourth-order valence-corrected chi connectivity index (χ4v) is 5.20. The van der Waals surface area contributed by atoms with E-state index in [2.05, 4.69) is 35.6 Å². The van der Waals surface area contributed by atoms with Crippen molar-refractivity contribution in [1.82, 2.24) is 15.1 Å². The molecule has 3 amide bonds. The highest BCUT2D eigenvalue weighted by Crippen LogP contribution is 2.40. The molecule has 0 unspecified atom stereocenters. The van der Waals surface area contributed by atoms with E-state index in [0.29, 0.717) is 18.4 Å². The van der Waals surface area contributed by atoms with E-state index in [0.717, 1.165) is 58.3 Å². The summed E-state index contributed by atoms with van der Waals surface area (Å²) in [6, 6.07) is 11.0. The normalized spacial score (nSPS) is 23.0. The van der Waals surface area contributed by atoms with Crippen LogP contribution in [0.3, 0.4) is 0 Å². The van der Waals surface area contributed by atoms with E-state index in [-0.39, 0.29) is 11.4 Å². The van der Waals surface area contributed by atoms with Crippen molar-refractivity contribution >= 4 is 11.9 Å². The van der Waals surface area contributed by atoms with Gasteiger partial charge in [0.1, 0.15) is 0 Å². The molecule has 0 aromatic heterocycles.